The van der Waals surface area contributed by atoms with Crippen molar-refractivity contribution < 1.29 is 58.2 Å². The molecule has 59 heavy (non-hydrogen) atoms. The number of likely N-dealkylation sites (N-methyl/N-ethyl adjacent to an activating group) is 1. The highest BCUT2D eigenvalue weighted by Gasteiger charge is 2.61. The Morgan fingerprint density at radius 1 is 1.03 bits per heavy atom. The van der Waals surface area contributed by atoms with E-state index in [9.17, 15) is 34.5 Å². The number of anilines is 1. The van der Waals surface area contributed by atoms with Gasteiger partial charge in [-0.2, -0.15) is 5.26 Å². The molecular weight excluding hydrogens is 772 g/mol. The van der Waals surface area contributed by atoms with Gasteiger partial charge >= 0.3 is 6.09 Å². The van der Waals surface area contributed by atoms with E-state index in [4.69, 9.17) is 28.9 Å². The summed E-state index contributed by atoms with van der Waals surface area (Å²) in [5, 5.41) is 47.3. The van der Waals surface area contributed by atoms with E-state index in [1.165, 1.54) is 17.8 Å². The molecule has 20 nitrogen and oxygen atoms in total. The third-order valence-corrected chi connectivity index (χ3v) is 12.4. The van der Waals surface area contributed by atoms with Gasteiger partial charge in [0.25, 0.3) is 5.91 Å². The van der Waals surface area contributed by atoms with Crippen molar-refractivity contribution in [3.63, 3.8) is 0 Å². The molecule has 2 aromatic rings. The molecule has 1 saturated carbocycles. The number of nitriles is 1. The summed E-state index contributed by atoms with van der Waals surface area (Å²) in [6.07, 6.45) is -4.40. The SMILES string of the molecule is CCC1OC(CO)C(O)C(OC2OC(C(=O)NC3CCC(OC(=O)n4ccc5c(N(C)[C@H]6CN(C(=O)CC#N)CC[C@H]6C)ncnc54)CC3)C3OC3C2O)C1NC(C)=O. The van der Waals surface area contributed by atoms with Crippen LogP contribution in [0.3, 0.4) is 0 Å². The van der Waals surface area contributed by atoms with Crippen LogP contribution in [0.4, 0.5) is 10.6 Å². The van der Waals surface area contributed by atoms with Crippen molar-refractivity contribution in [2.75, 3.05) is 31.6 Å². The minimum Gasteiger partial charge on any atom is -0.446 e. The molecule has 5 N–H and O–H groups in total. The predicted molar refractivity (Wildman–Crippen MR) is 204 cm³/mol. The summed E-state index contributed by atoms with van der Waals surface area (Å²) < 4.78 is 30.8. The van der Waals surface area contributed by atoms with Gasteiger partial charge in [0.1, 0.15) is 61.3 Å². The molecule has 20 heteroatoms. The van der Waals surface area contributed by atoms with Crippen molar-refractivity contribution in [3.05, 3.63) is 18.6 Å². The van der Waals surface area contributed by atoms with Crippen LogP contribution in [-0.2, 0) is 38.1 Å². The highest BCUT2D eigenvalue weighted by molar-refractivity contribution is 5.93. The molecule has 5 fully saturated rings. The van der Waals surface area contributed by atoms with Crippen molar-refractivity contribution in [1.29, 1.82) is 5.26 Å². The first-order chi connectivity index (χ1) is 28.3. The van der Waals surface area contributed by atoms with Crippen LogP contribution >= 0.6 is 0 Å². The van der Waals surface area contributed by atoms with E-state index >= 15 is 0 Å². The number of epoxide rings is 1. The quantitative estimate of drug-likeness (QED) is 0.182. The van der Waals surface area contributed by atoms with Crippen LogP contribution in [0, 0.1) is 17.2 Å². The topological polar surface area (TPSA) is 263 Å². The first kappa shape index (κ1) is 42.6. The summed E-state index contributed by atoms with van der Waals surface area (Å²) in [6, 6.07) is 2.54. The van der Waals surface area contributed by atoms with Crippen molar-refractivity contribution in [1.82, 2.24) is 30.1 Å². The minimum atomic E-state index is -1.39. The number of amides is 3. The Balaban J connectivity index is 0.933. The second kappa shape index (κ2) is 18.0. The number of aliphatic hydroxyl groups excluding tert-OH is 3. The number of piperidine rings is 1. The van der Waals surface area contributed by atoms with Crippen molar-refractivity contribution in [3.8, 4) is 6.07 Å². The standard InChI is InChI=1S/C39H54N8O12/c1-5-25-28(43-20(3)49)31(29(51)26(17-48)56-25)58-38-30(52)32-33(57-32)34(59-38)37(53)44-21-6-8-22(9-7-21)55-39(54)47-15-12-23-35(41-18-42-36(23)47)45(4)24-16-46(14-11-19(24)2)27(50)10-13-40/h12,15,18-19,21-22,24-26,28-34,38,48,51-52H,5-11,14,16-17H2,1-4H3,(H,43,49)(H,44,53)/t19-,21?,22?,24+,25?,26?,28?,29?,30?,31?,32?,33?,34?,38?/m1/s1. The van der Waals surface area contributed by atoms with Gasteiger partial charge in [0.15, 0.2) is 18.0 Å². The van der Waals surface area contributed by atoms with Gasteiger partial charge in [-0.25, -0.2) is 19.3 Å². The van der Waals surface area contributed by atoms with Crippen LogP contribution < -0.4 is 15.5 Å². The molecule has 12 atom stereocenters. The highest BCUT2D eigenvalue weighted by atomic mass is 16.7. The molecule has 7 rings (SSSR count). The third-order valence-electron chi connectivity index (χ3n) is 12.4. The van der Waals surface area contributed by atoms with E-state index in [-0.39, 0.29) is 30.3 Å². The van der Waals surface area contributed by atoms with Crippen molar-refractivity contribution in [2.24, 2.45) is 5.92 Å². The number of nitrogens with one attached hydrogen (secondary N) is 2. The number of carbonyl (C=O) groups excluding carboxylic acids is 4. The smallest absolute Gasteiger partial charge is 0.419 e. The fourth-order valence-corrected chi connectivity index (χ4v) is 8.98. The van der Waals surface area contributed by atoms with Crippen LogP contribution in [0.25, 0.3) is 11.0 Å². The molecule has 10 unspecified atom stereocenters. The first-order valence-corrected chi connectivity index (χ1v) is 20.4. The van der Waals surface area contributed by atoms with Gasteiger partial charge in [-0.1, -0.05) is 13.8 Å². The van der Waals surface area contributed by atoms with Crippen LogP contribution in [0.1, 0.15) is 65.7 Å². The molecule has 0 radical (unpaired) electrons. The number of fused-ring (bicyclic) bond motifs is 2. The average molecular weight is 827 g/mol. The van der Waals surface area contributed by atoms with Crippen molar-refractivity contribution >= 4 is 40.7 Å². The minimum absolute atomic E-state index is 0.0658. The molecule has 1 aliphatic carbocycles. The zero-order valence-electron chi connectivity index (χ0n) is 33.6. The fraction of sp³-hybridized carbons (Fsp3) is 0.718. The van der Waals surface area contributed by atoms with Gasteiger partial charge in [0.05, 0.1) is 36.2 Å². The van der Waals surface area contributed by atoms with Gasteiger partial charge in [-0.05, 0) is 50.5 Å². The Labute approximate surface area is 341 Å². The number of ether oxygens (including phenoxy) is 5. The monoisotopic (exact) mass is 826 g/mol. The van der Waals surface area contributed by atoms with Crippen molar-refractivity contribution in [2.45, 2.75) is 145 Å². The number of likely N-dealkylation sites (tertiary alicyclic amines) is 1. The third kappa shape index (κ3) is 8.87. The Bertz CT molecular complexity index is 1900. The number of rotatable bonds is 11. The van der Waals surface area contributed by atoms with E-state index in [1.54, 1.807) is 17.2 Å². The maximum Gasteiger partial charge on any atom is 0.419 e. The molecule has 6 heterocycles. The number of aliphatic hydroxyl groups is 3. The van der Waals surface area contributed by atoms with E-state index in [1.807, 2.05) is 24.9 Å². The zero-order valence-corrected chi connectivity index (χ0v) is 33.6. The fourth-order valence-electron chi connectivity index (χ4n) is 8.98. The Morgan fingerprint density at radius 2 is 1.80 bits per heavy atom. The van der Waals surface area contributed by atoms with E-state index in [2.05, 4.69) is 27.5 Å². The summed E-state index contributed by atoms with van der Waals surface area (Å²) >= 11 is 0. The van der Waals surface area contributed by atoms with E-state index < -0.39 is 91.8 Å². The normalized spacial score (nSPS) is 35.5. The number of hydrogen-bond donors (Lipinski definition) is 5. The predicted octanol–water partition coefficient (Wildman–Crippen LogP) is -0.296. The summed E-state index contributed by atoms with van der Waals surface area (Å²) in [6.45, 7) is 5.79. The first-order valence-electron chi connectivity index (χ1n) is 20.4. The lowest BCUT2D eigenvalue weighted by molar-refractivity contribution is -0.289. The van der Waals surface area contributed by atoms with Crippen LogP contribution in [0.15, 0.2) is 18.6 Å². The van der Waals surface area contributed by atoms with E-state index in [0.29, 0.717) is 62.0 Å². The van der Waals surface area contributed by atoms with Crippen LogP contribution in [-0.4, -0.2) is 165 Å². The number of hydrogen-bond acceptors (Lipinski definition) is 16. The largest absolute Gasteiger partial charge is 0.446 e. The molecular formula is C39H54N8O12. The summed E-state index contributed by atoms with van der Waals surface area (Å²) in [4.78, 5) is 64.3. The van der Waals surface area contributed by atoms with Gasteiger partial charge < -0.3 is 59.4 Å². The van der Waals surface area contributed by atoms with Gasteiger partial charge in [0, 0.05) is 39.3 Å². The summed E-state index contributed by atoms with van der Waals surface area (Å²) in [5.74, 6) is -0.203. The number of nitrogens with zero attached hydrogens (tertiary/aromatic N) is 6. The Hall–Kier alpha value is -4.49. The Kier molecular flexibility index (Phi) is 13.0. The molecule has 0 bridgehead atoms. The lowest BCUT2D eigenvalue weighted by Gasteiger charge is -2.46. The average Bonchev–Trinajstić information content (AvgIpc) is 3.91. The van der Waals surface area contributed by atoms with E-state index in [0.717, 1.165) is 6.42 Å². The maximum atomic E-state index is 13.6. The molecule has 3 amide bonds. The lowest BCUT2D eigenvalue weighted by Crippen LogP contribution is -2.66. The lowest BCUT2D eigenvalue weighted by atomic mass is 9.91. The molecule has 322 valence electrons. The van der Waals surface area contributed by atoms with Crippen LogP contribution in [0.2, 0.25) is 0 Å². The Morgan fingerprint density at radius 3 is 2.49 bits per heavy atom. The second-order valence-corrected chi connectivity index (χ2v) is 16.2. The van der Waals surface area contributed by atoms with Gasteiger partial charge in [0.2, 0.25) is 11.8 Å². The molecule has 4 aliphatic heterocycles. The summed E-state index contributed by atoms with van der Waals surface area (Å²) in [5.41, 5.74) is 0.379. The summed E-state index contributed by atoms with van der Waals surface area (Å²) in [7, 11) is 1.90. The molecule has 4 saturated heterocycles. The number of aromatic nitrogens is 3. The number of carbonyl (C=O) groups is 4. The van der Waals surface area contributed by atoms with Gasteiger partial charge in [-0.3, -0.25) is 14.4 Å². The zero-order chi connectivity index (χ0) is 42.1. The molecule has 0 spiro atoms. The molecule has 0 aromatic carbocycles. The molecule has 2 aromatic heterocycles. The maximum absolute atomic E-state index is 13.6. The van der Waals surface area contributed by atoms with Crippen LogP contribution in [0.5, 0.6) is 0 Å². The highest BCUT2D eigenvalue weighted by Crippen LogP contribution is 2.40. The van der Waals surface area contributed by atoms with Gasteiger partial charge in [-0.15, -0.1) is 0 Å². The molecule has 5 aliphatic rings. The second-order valence-electron chi connectivity index (χ2n) is 16.2.